The van der Waals surface area contributed by atoms with Crippen LogP contribution in [0.5, 0.6) is 0 Å². The highest BCUT2D eigenvalue weighted by molar-refractivity contribution is 7.15. The van der Waals surface area contributed by atoms with E-state index in [9.17, 15) is 24.5 Å². The predicted octanol–water partition coefficient (Wildman–Crippen LogP) is -0.238. The van der Waals surface area contributed by atoms with Crippen molar-refractivity contribution in [1.82, 2.24) is 18.5 Å². The minimum atomic E-state index is -0.600. The van der Waals surface area contributed by atoms with Crippen molar-refractivity contribution in [2.24, 2.45) is 14.1 Å². The monoisotopic (exact) mass is 385 g/mol. The summed E-state index contributed by atoms with van der Waals surface area (Å²) in [6.07, 6.45) is 1.57. The third-order valence-electron chi connectivity index (χ3n) is 4.24. The molecule has 0 N–H and O–H groups in total. The molecule has 0 amide bonds. The van der Waals surface area contributed by atoms with Crippen LogP contribution in [0.3, 0.4) is 0 Å². The molecule has 3 heterocycles. The van der Waals surface area contributed by atoms with Crippen LogP contribution in [-0.2, 0) is 14.1 Å². The first-order chi connectivity index (χ1) is 12.8. The average molecular weight is 385 g/mol. The van der Waals surface area contributed by atoms with Crippen molar-refractivity contribution >= 4 is 39.2 Å². The summed E-state index contributed by atoms with van der Waals surface area (Å²) >= 11 is 1.07. The number of non-ortho nitro benzene ring substituents is 1. The Hall–Kier alpha value is -3.60. The van der Waals surface area contributed by atoms with E-state index < -0.39 is 21.7 Å². The van der Waals surface area contributed by atoms with Crippen LogP contribution < -0.4 is 21.3 Å². The highest BCUT2D eigenvalue weighted by Crippen LogP contribution is 2.14. The second kappa shape index (κ2) is 5.71. The Bertz CT molecular complexity index is 1470. The largest absolute Gasteiger partial charge is 0.332 e. The number of benzene rings is 1. The van der Waals surface area contributed by atoms with Crippen LogP contribution in [0.1, 0.15) is 5.56 Å². The number of imidazole rings is 1. The first-order valence-corrected chi connectivity index (χ1v) is 8.48. The van der Waals surface area contributed by atoms with E-state index in [-0.39, 0.29) is 16.9 Å². The lowest BCUT2D eigenvalue weighted by molar-refractivity contribution is -0.384. The summed E-state index contributed by atoms with van der Waals surface area (Å²) in [5.74, 6) is 0. The molecule has 0 aliphatic heterocycles. The van der Waals surface area contributed by atoms with Gasteiger partial charge in [0.1, 0.15) is 0 Å². The Kier molecular flexibility index (Phi) is 3.56. The van der Waals surface area contributed by atoms with Crippen LogP contribution in [0.25, 0.3) is 22.2 Å². The quantitative estimate of drug-likeness (QED) is 0.347. The predicted molar refractivity (Wildman–Crippen MR) is 99.2 cm³/mol. The van der Waals surface area contributed by atoms with Crippen molar-refractivity contribution in [3.8, 4) is 0 Å². The molecule has 1 aromatic carbocycles. The third-order valence-corrected chi connectivity index (χ3v) is 5.21. The maximum atomic E-state index is 12.8. The maximum absolute atomic E-state index is 12.8. The fourth-order valence-corrected chi connectivity index (χ4v) is 3.79. The molecule has 27 heavy (non-hydrogen) atoms. The summed E-state index contributed by atoms with van der Waals surface area (Å²) in [6.45, 7) is 0. The number of aryl methyl sites for hydroxylation is 1. The fraction of sp³-hybridized carbons (Fsp3) is 0.125. The fourth-order valence-electron chi connectivity index (χ4n) is 2.82. The first-order valence-electron chi connectivity index (χ1n) is 7.66. The first kappa shape index (κ1) is 16.8. The minimum absolute atomic E-state index is 0.0409. The average Bonchev–Trinajstić information content (AvgIpc) is 3.16. The van der Waals surface area contributed by atoms with Crippen molar-refractivity contribution in [1.29, 1.82) is 0 Å². The van der Waals surface area contributed by atoms with Gasteiger partial charge in [-0.05, 0) is 23.8 Å². The van der Waals surface area contributed by atoms with Gasteiger partial charge in [0.2, 0.25) is 0 Å². The van der Waals surface area contributed by atoms with Gasteiger partial charge < -0.3 is 0 Å². The molecule has 4 aromatic rings. The number of aromatic nitrogens is 4. The zero-order valence-corrected chi connectivity index (χ0v) is 14.9. The summed E-state index contributed by atoms with van der Waals surface area (Å²) in [5, 5.41) is 10.7. The molecule has 0 unspecified atom stereocenters. The van der Waals surface area contributed by atoms with Crippen molar-refractivity contribution in [3.63, 3.8) is 0 Å². The molecule has 10 nitrogen and oxygen atoms in total. The normalized spacial score (nSPS) is 12.3. The van der Waals surface area contributed by atoms with Gasteiger partial charge in [-0.3, -0.25) is 28.8 Å². The van der Waals surface area contributed by atoms with Gasteiger partial charge in [-0.15, -0.1) is 0 Å². The number of fused-ring (bicyclic) bond motifs is 3. The summed E-state index contributed by atoms with van der Waals surface area (Å²) in [5.41, 5.74) is -0.822. The Morgan fingerprint density at radius 2 is 1.74 bits per heavy atom. The van der Waals surface area contributed by atoms with Crippen LogP contribution in [0.15, 0.2) is 38.6 Å². The summed E-state index contributed by atoms with van der Waals surface area (Å²) in [4.78, 5) is 52.1. The smallest absolute Gasteiger partial charge is 0.279 e. The Labute approximate surface area is 153 Å². The molecule has 136 valence electrons. The van der Waals surface area contributed by atoms with Gasteiger partial charge in [0.05, 0.1) is 9.46 Å². The topological polar surface area (TPSA) is 122 Å². The molecular weight excluding hydrogens is 374 g/mol. The summed E-state index contributed by atoms with van der Waals surface area (Å²) < 4.78 is 3.66. The zero-order valence-electron chi connectivity index (χ0n) is 14.1. The van der Waals surface area contributed by atoms with Crippen LogP contribution in [0.2, 0.25) is 0 Å². The number of nitro benzene ring substituents is 1. The number of hydrogen-bond acceptors (Lipinski definition) is 7. The maximum Gasteiger partial charge on any atom is 0.332 e. The highest BCUT2D eigenvalue weighted by Gasteiger charge is 2.18. The summed E-state index contributed by atoms with van der Waals surface area (Å²) in [6, 6.07) is 5.74. The molecule has 0 fully saturated rings. The van der Waals surface area contributed by atoms with Gasteiger partial charge in [-0.25, -0.2) is 9.20 Å². The molecule has 0 atom stereocenters. The van der Waals surface area contributed by atoms with Gasteiger partial charge in [0.25, 0.3) is 16.8 Å². The standard InChI is InChI=1S/C16H11N5O5S/c1-18-12-11(14(23)19(2)16(18)24)20-13(22)10(27-15(20)17-12)7-8-3-5-9(6-4-8)21(25)26/h3-7H,1-2H3. The molecule has 3 aromatic heterocycles. The van der Waals surface area contributed by atoms with Crippen molar-refractivity contribution < 1.29 is 4.92 Å². The molecule has 0 aliphatic carbocycles. The van der Waals surface area contributed by atoms with Gasteiger partial charge >= 0.3 is 5.69 Å². The van der Waals surface area contributed by atoms with Crippen molar-refractivity contribution in [2.75, 3.05) is 0 Å². The van der Waals surface area contributed by atoms with E-state index >= 15 is 0 Å². The number of thiazole rings is 1. The Morgan fingerprint density at radius 1 is 1.07 bits per heavy atom. The third kappa shape index (κ3) is 2.39. The lowest BCUT2D eigenvalue weighted by Crippen LogP contribution is -2.38. The minimum Gasteiger partial charge on any atom is -0.279 e. The number of nitrogens with zero attached hydrogens (tertiary/aromatic N) is 5. The zero-order chi connectivity index (χ0) is 19.5. The molecule has 11 heteroatoms. The number of hydrogen-bond donors (Lipinski definition) is 0. The molecule has 0 saturated carbocycles. The van der Waals surface area contributed by atoms with Gasteiger partial charge in [0, 0.05) is 26.2 Å². The Balaban J connectivity index is 2.01. The highest BCUT2D eigenvalue weighted by atomic mass is 32.1. The second-order valence-corrected chi connectivity index (χ2v) is 6.88. The van der Waals surface area contributed by atoms with Crippen LogP contribution >= 0.6 is 11.3 Å². The SMILES string of the molecule is Cn1c(=O)c2c(nc3sc(=Cc4ccc([N+](=O)[O-])cc4)c(=O)n32)n(C)c1=O. The van der Waals surface area contributed by atoms with E-state index in [4.69, 9.17) is 0 Å². The van der Waals surface area contributed by atoms with Crippen LogP contribution in [0, 0.1) is 10.1 Å². The van der Waals surface area contributed by atoms with E-state index in [1.165, 1.54) is 47.3 Å². The number of nitro groups is 1. The number of rotatable bonds is 2. The molecule has 0 spiro atoms. The van der Waals surface area contributed by atoms with Crippen LogP contribution in [-0.4, -0.2) is 23.4 Å². The molecule has 0 saturated heterocycles. The van der Waals surface area contributed by atoms with E-state index in [1.807, 2.05) is 0 Å². The van der Waals surface area contributed by atoms with Crippen molar-refractivity contribution in [2.45, 2.75) is 0 Å². The molecule has 0 aliphatic rings. The molecule has 0 radical (unpaired) electrons. The molecule has 4 rings (SSSR count). The van der Waals surface area contributed by atoms with E-state index in [0.717, 1.165) is 15.9 Å². The summed E-state index contributed by atoms with van der Waals surface area (Å²) in [7, 11) is 2.82. The van der Waals surface area contributed by atoms with Gasteiger partial charge in [-0.2, -0.15) is 4.98 Å². The van der Waals surface area contributed by atoms with Gasteiger partial charge in [0.15, 0.2) is 16.1 Å². The lowest BCUT2D eigenvalue weighted by Gasteiger charge is -2.01. The van der Waals surface area contributed by atoms with Crippen molar-refractivity contribution in [3.05, 3.63) is 75.7 Å². The Morgan fingerprint density at radius 3 is 2.37 bits per heavy atom. The van der Waals surface area contributed by atoms with E-state index in [1.54, 1.807) is 6.08 Å². The van der Waals surface area contributed by atoms with E-state index in [2.05, 4.69) is 4.98 Å². The lowest BCUT2D eigenvalue weighted by atomic mass is 10.2. The molecular formula is C16H11N5O5S. The van der Waals surface area contributed by atoms with E-state index in [0.29, 0.717) is 15.1 Å². The second-order valence-electron chi connectivity index (χ2n) is 5.87. The van der Waals surface area contributed by atoms with Gasteiger partial charge in [-0.1, -0.05) is 11.3 Å². The van der Waals surface area contributed by atoms with Crippen LogP contribution in [0.4, 0.5) is 5.69 Å². The molecule has 0 bridgehead atoms.